The molecule has 0 aliphatic carbocycles. The first-order valence-corrected chi connectivity index (χ1v) is 7.01. The molecule has 0 saturated carbocycles. The van der Waals surface area contributed by atoms with E-state index < -0.39 is 0 Å². The first-order valence-electron chi connectivity index (χ1n) is 7.01. The molecule has 15 heavy (non-hydrogen) atoms. The molecule has 0 amide bonds. The van der Waals surface area contributed by atoms with E-state index in [1.165, 1.54) is 56.1 Å². The Morgan fingerprint density at radius 2 is 1.20 bits per heavy atom. The third kappa shape index (κ3) is 2.08. The van der Waals surface area contributed by atoms with Crippen LogP contribution in [0.3, 0.4) is 0 Å². The Balaban J connectivity index is 2.15. The number of hydrogen-bond acceptors (Lipinski definition) is 0. The fourth-order valence-electron chi connectivity index (χ4n) is 4.27. The van der Waals surface area contributed by atoms with E-state index in [0.717, 1.165) is 18.0 Å². The molecule has 2 fully saturated rings. The van der Waals surface area contributed by atoms with E-state index in [1.54, 1.807) is 0 Å². The maximum Gasteiger partial charge on any atom is 0.0866 e. The number of nitrogens with zero attached hydrogens (tertiary/aromatic N) is 1. The average molecular weight is 210 g/mol. The van der Waals surface area contributed by atoms with Crippen LogP contribution in [0.4, 0.5) is 0 Å². The van der Waals surface area contributed by atoms with Gasteiger partial charge in [-0.15, -0.1) is 0 Å². The predicted octanol–water partition coefficient (Wildman–Crippen LogP) is 3.58. The van der Waals surface area contributed by atoms with Gasteiger partial charge in [-0.1, -0.05) is 6.92 Å². The van der Waals surface area contributed by atoms with E-state index in [0.29, 0.717) is 0 Å². The smallest absolute Gasteiger partial charge is 0.0866 e. The summed E-state index contributed by atoms with van der Waals surface area (Å²) in [5, 5.41) is 0. The molecule has 0 aromatic heterocycles. The van der Waals surface area contributed by atoms with Crippen LogP contribution >= 0.6 is 0 Å². The lowest BCUT2D eigenvalue weighted by atomic mass is 9.85. The highest BCUT2D eigenvalue weighted by Gasteiger charge is 2.43. The van der Waals surface area contributed by atoms with Crippen molar-refractivity contribution in [1.29, 1.82) is 0 Å². The second kappa shape index (κ2) is 4.45. The summed E-state index contributed by atoms with van der Waals surface area (Å²) in [6.45, 7) is 10.4. The third-order valence-electron chi connectivity index (χ3n) is 5.14. The lowest BCUT2D eigenvalue weighted by Gasteiger charge is -2.52. The van der Waals surface area contributed by atoms with Crippen molar-refractivity contribution in [3.05, 3.63) is 0 Å². The molecule has 0 radical (unpaired) electrons. The van der Waals surface area contributed by atoms with Gasteiger partial charge in [0.2, 0.25) is 0 Å². The van der Waals surface area contributed by atoms with Crippen LogP contribution < -0.4 is 0 Å². The van der Waals surface area contributed by atoms with Crippen LogP contribution in [0.5, 0.6) is 0 Å². The SMILES string of the molecule is CC1CC(C)[N+]2(CCCCCC2)C(C)C1. The fourth-order valence-corrected chi connectivity index (χ4v) is 4.27. The van der Waals surface area contributed by atoms with Gasteiger partial charge in [-0.05, 0) is 45.4 Å². The molecule has 2 atom stereocenters. The zero-order chi connectivity index (χ0) is 10.9. The Hall–Kier alpha value is -0.0400. The molecule has 0 bridgehead atoms. The van der Waals surface area contributed by atoms with Crippen molar-refractivity contribution in [3.63, 3.8) is 0 Å². The lowest BCUT2D eigenvalue weighted by molar-refractivity contribution is -0.975. The highest BCUT2D eigenvalue weighted by molar-refractivity contribution is 4.74. The van der Waals surface area contributed by atoms with E-state index in [2.05, 4.69) is 20.8 Å². The van der Waals surface area contributed by atoms with Crippen molar-refractivity contribution in [3.8, 4) is 0 Å². The van der Waals surface area contributed by atoms with Crippen molar-refractivity contribution in [1.82, 2.24) is 0 Å². The Bertz CT molecular complexity index is 189. The molecule has 0 aromatic rings. The van der Waals surface area contributed by atoms with Gasteiger partial charge in [-0.2, -0.15) is 0 Å². The summed E-state index contributed by atoms with van der Waals surface area (Å²) >= 11 is 0. The van der Waals surface area contributed by atoms with E-state index in [1.807, 2.05) is 0 Å². The molecule has 2 rings (SSSR count). The summed E-state index contributed by atoms with van der Waals surface area (Å²) < 4.78 is 1.46. The number of piperidine rings is 1. The standard InChI is InChI=1S/C14H28N/c1-12-10-13(2)15(14(3)11-12)8-6-4-5-7-9-15/h12-14H,4-11H2,1-3H3/q+1. The van der Waals surface area contributed by atoms with Crippen molar-refractivity contribution in [2.45, 2.75) is 71.4 Å². The van der Waals surface area contributed by atoms with Gasteiger partial charge in [-0.25, -0.2) is 0 Å². The van der Waals surface area contributed by atoms with Gasteiger partial charge in [-0.3, -0.25) is 0 Å². The Kier molecular flexibility index (Phi) is 3.39. The lowest BCUT2D eigenvalue weighted by Crippen LogP contribution is -2.63. The van der Waals surface area contributed by atoms with Gasteiger partial charge >= 0.3 is 0 Å². The normalized spacial score (nSPS) is 41.4. The molecule has 2 saturated heterocycles. The quantitative estimate of drug-likeness (QED) is 0.536. The summed E-state index contributed by atoms with van der Waals surface area (Å²) in [4.78, 5) is 0. The summed E-state index contributed by atoms with van der Waals surface area (Å²) in [6, 6.07) is 1.84. The van der Waals surface area contributed by atoms with Crippen LogP contribution in [-0.2, 0) is 0 Å². The molecule has 2 aliphatic heterocycles. The molecule has 2 unspecified atom stereocenters. The van der Waals surface area contributed by atoms with Crippen molar-refractivity contribution in [2.75, 3.05) is 13.1 Å². The van der Waals surface area contributed by atoms with Gasteiger partial charge in [0.15, 0.2) is 0 Å². The molecule has 2 heterocycles. The fraction of sp³-hybridized carbons (Fsp3) is 1.00. The van der Waals surface area contributed by atoms with Crippen LogP contribution in [0.15, 0.2) is 0 Å². The molecule has 0 N–H and O–H groups in total. The Morgan fingerprint density at radius 1 is 0.733 bits per heavy atom. The van der Waals surface area contributed by atoms with Crippen LogP contribution in [-0.4, -0.2) is 29.7 Å². The topological polar surface area (TPSA) is 0 Å². The third-order valence-corrected chi connectivity index (χ3v) is 5.14. The number of quaternary nitrogens is 1. The molecule has 1 heteroatoms. The molecule has 0 aromatic carbocycles. The van der Waals surface area contributed by atoms with Crippen LogP contribution in [0.25, 0.3) is 0 Å². The van der Waals surface area contributed by atoms with Gasteiger partial charge in [0.1, 0.15) is 0 Å². The Labute approximate surface area is 95.4 Å². The van der Waals surface area contributed by atoms with Crippen LogP contribution in [0, 0.1) is 5.92 Å². The van der Waals surface area contributed by atoms with Crippen LogP contribution in [0.2, 0.25) is 0 Å². The summed E-state index contributed by atoms with van der Waals surface area (Å²) in [6.07, 6.45) is 8.84. The minimum atomic E-state index is 0.918. The largest absolute Gasteiger partial charge is 0.319 e. The maximum atomic E-state index is 2.51. The number of rotatable bonds is 0. The Morgan fingerprint density at radius 3 is 1.67 bits per heavy atom. The zero-order valence-electron chi connectivity index (χ0n) is 10.8. The average Bonchev–Trinajstić information content (AvgIpc) is 2.41. The van der Waals surface area contributed by atoms with Gasteiger partial charge in [0.05, 0.1) is 25.2 Å². The zero-order valence-corrected chi connectivity index (χ0v) is 10.8. The number of hydrogen-bond donors (Lipinski definition) is 0. The second-order valence-corrected chi connectivity index (χ2v) is 6.24. The first kappa shape index (κ1) is 11.4. The minimum Gasteiger partial charge on any atom is -0.319 e. The van der Waals surface area contributed by atoms with Gasteiger partial charge < -0.3 is 4.48 Å². The molecule has 88 valence electrons. The van der Waals surface area contributed by atoms with Crippen molar-refractivity contribution >= 4 is 0 Å². The van der Waals surface area contributed by atoms with E-state index >= 15 is 0 Å². The predicted molar refractivity (Wildman–Crippen MR) is 65.8 cm³/mol. The van der Waals surface area contributed by atoms with E-state index in [-0.39, 0.29) is 0 Å². The van der Waals surface area contributed by atoms with Gasteiger partial charge in [0, 0.05) is 12.8 Å². The van der Waals surface area contributed by atoms with Crippen LogP contribution in [0.1, 0.15) is 59.3 Å². The molecule has 2 aliphatic rings. The molecule has 1 spiro atoms. The van der Waals surface area contributed by atoms with E-state index in [4.69, 9.17) is 0 Å². The minimum absolute atomic E-state index is 0.918. The highest BCUT2D eigenvalue weighted by atomic mass is 15.4. The first-order chi connectivity index (χ1) is 7.15. The molecular formula is C14H28N+. The van der Waals surface area contributed by atoms with E-state index in [9.17, 15) is 0 Å². The molecule has 1 nitrogen and oxygen atoms in total. The summed E-state index contributed by atoms with van der Waals surface area (Å²) in [7, 11) is 0. The summed E-state index contributed by atoms with van der Waals surface area (Å²) in [5.74, 6) is 0.960. The molecular weight excluding hydrogens is 182 g/mol. The second-order valence-electron chi connectivity index (χ2n) is 6.24. The summed E-state index contributed by atoms with van der Waals surface area (Å²) in [5.41, 5.74) is 0. The van der Waals surface area contributed by atoms with Crippen molar-refractivity contribution in [2.24, 2.45) is 5.92 Å². The monoisotopic (exact) mass is 210 g/mol. The van der Waals surface area contributed by atoms with Crippen molar-refractivity contribution < 1.29 is 4.48 Å². The van der Waals surface area contributed by atoms with Gasteiger partial charge in [0.25, 0.3) is 0 Å². The maximum absolute atomic E-state index is 2.51. The highest BCUT2D eigenvalue weighted by Crippen LogP contribution is 2.36.